The Hall–Kier alpha value is -0.380. The van der Waals surface area contributed by atoms with Crippen molar-refractivity contribution >= 4 is 17.7 Å². The lowest BCUT2D eigenvalue weighted by Crippen LogP contribution is -2.44. The first kappa shape index (κ1) is 9.19. The second-order valence-corrected chi connectivity index (χ2v) is 4.99. The fourth-order valence-electron chi connectivity index (χ4n) is 1.68. The highest BCUT2D eigenvalue weighted by atomic mass is 32.2. The molecular formula is C9H17N3S. The molecule has 2 N–H and O–H groups in total. The Morgan fingerprint density at radius 3 is 2.85 bits per heavy atom. The van der Waals surface area contributed by atoms with Crippen LogP contribution in [0.25, 0.3) is 0 Å². The van der Waals surface area contributed by atoms with Crippen molar-refractivity contribution in [3.05, 3.63) is 0 Å². The lowest BCUT2D eigenvalue weighted by atomic mass is 10.2. The fraction of sp³-hybridized carbons (Fsp3) is 0.889. The molecule has 1 atom stereocenters. The van der Waals surface area contributed by atoms with Crippen molar-refractivity contribution in [2.45, 2.75) is 31.8 Å². The molecule has 0 bridgehead atoms. The minimum atomic E-state index is 0.514. The average Bonchev–Trinajstić information content (AvgIpc) is 2.53. The standard InChI is InChI=1S/C9H17N3S/c1-7-6-10-9(11-7)12-8-2-4-13-5-3-8/h7-8H,2-6H2,1H3,(H2,10,11,12). The quantitative estimate of drug-likeness (QED) is 0.656. The van der Waals surface area contributed by atoms with Crippen molar-refractivity contribution in [3.63, 3.8) is 0 Å². The Balaban J connectivity index is 1.77. The largest absolute Gasteiger partial charge is 0.354 e. The number of thioether (sulfide) groups is 1. The summed E-state index contributed by atoms with van der Waals surface area (Å²) in [7, 11) is 0. The molecule has 2 heterocycles. The highest BCUT2D eigenvalue weighted by Crippen LogP contribution is 2.16. The van der Waals surface area contributed by atoms with Gasteiger partial charge in [0.05, 0.1) is 6.54 Å². The Labute approximate surface area is 83.8 Å². The molecule has 2 aliphatic heterocycles. The van der Waals surface area contributed by atoms with Crippen LogP contribution in [0, 0.1) is 0 Å². The summed E-state index contributed by atoms with van der Waals surface area (Å²) in [5.41, 5.74) is 0. The predicted molar refractivity (Wildman–Crippen MR) is 58.4 cm³/mol. The zero-order chi connectivity index (χ0) is 9.10. The summed E-state index contributed by atoms with van der Waals surface area (Å²) in [5.74, 6) is 3.60. The first-order valence-electron chi connectivity index (χ1n) is 5.00. The van der Waals surface area contributed by atoms with Gasteiger partial charge in [-0.25, -0.2) is 0 Å². The maximum atomic E-state index is 4.40. The molecule has 0 aromatic heterocycles. The summed E-state index contributed by atoms with van der Waals surface area (Å²) in [5, 5.41) is 6.81. The Kier molecular flexibility index (Phi) is 2.98. The summed E-state index contributed by atoms with van der Waals surface area (Å²) < 4.78 is 0. The fourth-order valence-corrected chi connectivity index (χ4v) is 2.78. The van der Waals surface area contributed by atoms with Crippen LogP contribution in [-0.4, -0.2) is 36.1 Å². The Bertz CT molecular complexity index is 199. The van der Waals surface area contributed by atoms with Gasteiger partial charge >= 0.3 is 0 Å². The topological polar surface area (TPSA) is 36.4 Å². The van der Waals surface area contributed by atoms with Crippen LogP contribution in [-0.2, 0) is 0 Å². The van der Waals surface area contributed by atoms with Crippen LogP contribution >= 0.6 is 11.8 Å². The molecule has 4 heteroatoms. The highest BCUT2D eigenvalue weighted by molar-refractivity contribution is 7.99. The molecule has 0 amide bonds. The van der Waals surface area contributed by atoms with Crippen molar-refractivity contribution in [1.82, 2.24) is 10.6 Å². The molecule has 1 unspecified atom stereocenters. The van der Waals surface area contributed by atoms with E-state index in [2.05, 4.69) is 34.3 Å². The normalized spacial score (nSPS) is 29.6. The minimum Gasteiger partial charge on any atom is -0.354 e. The smallest absolute Gasteiger partial charge is 0.191 e. The molecule has 0 saturated carbocycles. The number of nitrogens with one attached hydrogen (secondary N) is 2. The van der Waals surface area contributed by atoms with E-state index < -0.39 is 0 Å². The van der Waals surface area contributed by atoms with Crippen LogP contribution < -0.4 is 10.6 Å². The van der Waals surface area contributed by atoms with Gasteiger partial charge in [-0.2, -0.15) is 11.8 Å². The molecule has 1 fully saturated rings. The SMILES string of the molecule is CC1CN=C(NC2CCSCC2)N1. The summed E-state index contributed by atoms with van der Waals surface area (Å²) in [6, 6.07) is 1.17. The molecule has 0 aromatic carbocycles. The molecule has 3 nitrogen and oxygen atoms in total. The van der Waals surface area contributed by atoms with Crippen LogP contribution in [0.3, 0.4) is 0 Å². The van der Waals surface area contributed by atoms with Gasteiger partial charge in [-0.05, 0) is 31.3 Å². The molecule has 0 radical (unpaired) electrons. The van der Waals surface area contributed by atoms with Gasteiger partial charge in [0.2, 0.25) is 0 Å². The summed E-state index contributed by atoms with van der Waals surface area (Å²) >= 11 is 2.06. The summed E-state index contributed by atoms with van der Waals surface area (Å²) in [6.45, 7) is 3.08. The summed E-state index contributed by atoms with van der Waals surface area (Å²) in [6.07, 6.45) is 2.56. The van der Waals surface area contributed by atoms with E-state index >= 15 is 0 Å². The number of rotatable bonds is 1. The number of guanidine groups is 1. The van der Waals surface area contributed by atoms with E-state index in [9.17, 15) is 0 Å². The van der Waals surface area contributed by atoms with E-state index in [1.165, 1.54) is 24.3 Å². The number of hydrogen-bond donors (Lipinski definition) is 2. The molecule has 2 aliphatic rings. The number of nitrogens with zero attached hydrogens (tertiary/aromatic N) is 1. The van der Waals surface area contributed by atoms with Gasteiger partial charge in [0, 0.05) is 12.1 Å². The van der Waals surface area contributed by atoms with Crippen LogP contribution in [0.15, 0.2) is 4.99 Å². The molecule has 2 rings (SSSR count). The zero-order valence-corrected chi connectivity index (χ0v) is 8.86. The van der Waals surface area contributed by atoms with Crippen molar-refractivity contribution in [1.29, 1.82) is 0 Å². The maximum absolute atomic E-state index is 4.40. The Morgan fingerprint density at radius 2 is 2.23 bits per heavy atom. The van der Waals surface area contributed by atoms with Gasteiger partial charge in [0.1, 0.15) is 0 Å². The van der Waals surface area contributed by atoms with Gasteiger partial charge in [0.25, 0.3) is 0 Å². The third-order valence-corrected chi connectivity index (χ3v) is 3.52. The van der Waals surface area contributed by atoms with Crippen LogP contribution in [0.4, 0.5) is 0 Å². The van der Waals surface area contributed by atoms with E-state index in [1.54, 1.807) is 0 Å². The number of hydrogen-bond acceptors (Lipinski definition) is 4. The van der Waals surface area contributed by atoms with Crippen molar-refractivity contribution in [2.24, 2.45) is 4.99 Å². The van der Waals surface area contributed by atoms with Crippen LogP contribution in [0.5, 0.6) is 0 Å². The molecule has 0 aromatic rings. The molecule has 0 aliphatic carbocycles. The first-order chi connectivity index (χ1) is 6.34. The molecular weight excluding hydrogens is 182 g/mol. The number of aliphatic imine (C=N–C) groups is 1. The van der Waals surface area contributed by atoms with Crippen LogP contribution in [0.1, 0.15) is 19.8 Å². The van der Waals surface area contributed by atoms with Crippen molar-refractivity contribution in [2.75, 3.05) is 18.1 Å². The Morgan fingerprint density at radius 1 is 1.46 bits per heavy atom. The second-order valence-electron chi connectivity index (χ2n) is 3.77. The zero-order valence-electron chi connectivity index (χ0n) is 8.05. The van der Waals surface area contributed by atoms with Gasteiger partial charge in [-0.15, -0.1) is 0 Å². The van der Waals surface area contributed by atoms with Gasteiger partial charge in [0.15, 0.2) is 5.96 Å². The lowest BCUT2D eigenvalue weighted by Gasteiger charge is -2.23. The van der Waals surface area contributed by atoms with Crippen molar-refractivity contribution in [3.8, 4) is 0 Å². The average molecular weight is 199 g/mol. The van der Waals surface area contributed by atoms with Crippen LogP contribution in [0.2, 0.25) is 0 Å². The van der Waals surface area contributed by atoms with E-state index in [1.807, 2.05) is 0 Å². The summed E-state index contributed by atoms with van der Waals surface area (Å²) in [4.78, 5) is 4.40. The van der Waals surface area contributed by atoms with E-state index in [-0.39, 0.29) is 0 Å². The molecule has 74 valence electrons. The molecule has 1 saturated heterocycles. The highest BCUT2D eigenvalue weighted by Gasteiger charge is 2.18. The van der Waals surface area contributed by atoms with Gasteiger partial charge in [-0.1, -0.05) is 0 Å². The van der Waals surface area contributed by atoms with E-state index in [4.69, 9.17) is 0 Å². The first-order valence-corrected chi connectivity index (χ1v) is 6.15. The van der Waals surface area contributed by atoms with E-state index in [0.717, 1.165) is 12.5 Å². The predicted octanol–water partition coefficient (Wildman–Crippen LogP) is 0.819. The molecule has 0 spiro atoms. The van der Waals surface area contributed by atoms with E-state index in [0.29, 0.717) is 12.1 Å². The van der Waals surface area contributed by atoms with Gasteiger partial charge in [-0.3, -0.25) is 4.99 Å². The molecule has 13 heavy (non-hydrogen) atoms. The van der Waals surface area contributed by atoms with Gasteiger partial charge < -0.3 is 10.6 Å². The third kappa shape index (κ3) is 2.53. The minimum absolute atomic E-state index is 0.514. The monoisotopic (exact) mass is 199 g/mol. The third-order valence-electron chi connectivity index (χ3n) is 2.47. The maximum Gasteiger partial charge on any atom is 0.191 e. The second kappa shape index (κ2) is 4.22. The lowest BCUT2D eigenvalue weighted by molar-refractivity contribution is 0.557. The van der Waals surface area contributed by atoms with Crippen molar-refractivity contribution < 1.29 is 0 Å².